The van der Waals surface area contributed by atoms with Crippen molar-refractivity contribution in [3.05, 3.63) is 115 Å². The maximum Gasteiger partial charge on any atom is 0.0540 e. The van der Waals surface area contributed by atoms with E-state index in [2.05, 4.69) is 110 Å². The highest BCUT2D eigenvalue weighted by molar-refractivity contribution is 5.99. The third kappa shape index (κ3) is 4.62. The first kappa shape index (κ1) is 22.1. The van der Waals surface area contributed by atoms with Crippen LogP contribution in [0, 0.1) is 0 Å². The van der Waals surface area contributed by atoms with Crippen molar-refractivity contribution in [3.8, 4) is 0 Å². The topological polar surface area (TPSA) is 3.24 Å². The Balaban J connectivity index is 0.00000132. The van der Waals surface area contributed by atoms with Gasteiger partial charge in [-0.25, -0.2) is 0 Å². The summed E-state index contributed by atoms with van der Waals surface area (Å²) in [4.78, 5) is 2.32. The summed E-state index contributed by atoms with van der Waals surface area (Å²) < 4.78 is 0. The van der Waals surface area contributed by atoms with E-state index in [0.717, 1.165) is 34.6 Å². The summed E-state index contributed by atoms with van der Waals surface area (Å²) in [6, 6.07) is 30.3. The number of rotatable bonds is 6. The fraction of sp³-hybridized carbons (Fsp3) is 0.133. The van der Waals surface area contributed by atoms with Crippen molar-refractivity contribution < 1.29 is 0 Å². The molecule has 4 aromatic carbocycles. The van der Waals surface area contributed by atoms with Crippen LogP contribution in [0.3, 0.4) is 0 Å². The average Bonchev–Trinajstić information content (AvgIpc) is 2.86. The zero-order valence-corrected chi connectivity index (χ0v) is 18.8. The first-order chi connectivity index (χ1) is 15.2. The molecule has 0 fully saturated rings. The molecule has 0 atom stereocenters. The van der Waals surface area contributed by atoms with Crippen LogP contribution >= 0.6 is 0 Å². The second kappa shape index (κ2) is 10.4. The van der Waals surface area contributed by atoms with Gasteiger partial charge in [-0.05, 0) is 58.8 Å². The standard InChI is InChI=1S/C28H25N.C2H6/c1-4-21-14-17-25(18-15-21)29(26-19-16-22(5-2)23(6-3)20-26)28-13-9-11-24-10-7-8-12-27(24)28;1-2/h5-20H,2-4H2,1H3;1-2H3. The van der Waals surface area contributed by atoms with Crippen LogP contribution in [-0.4, -0.2) is 0 Å². The molecule has 1 heteroatoms. The molecule has 156 valence electrons. The van der Waals surface area contributed by atoms with E-state index in [0.29, 0.717) is 0 Å². The Bertz CT molecular complexity index is 1160. The number of hydrogen-bond acceptors (Lipinski definition) is 1. The summed E-state index contributed by atoms with van der Waals surface area (Å²) in [5, 5.41) is 2.45. The molecule has 1 nitrogen and oxygen atoms in total. The highest BCUT2D eigenvalue weighted by Gasteiger charge is 2.16. The van der Waals surface area contributed by atoms with Crippen molar-refractivity contribution in [2.45, 2.75) is 27.2 Å². The predicted octanol–water partition coefficient (Wildman–Crippen LogP) is 9.18. The van der Waals surface area contributed by atoms with Crippen LogP contribution in [0.5, 0.6) is 0 Å². The van der Waals surface area contributed by atoms with Crippen molar-refractivity contribution in [2.75, 3.05) is 4.90 Å². The number of benzene rings is 4. The van der Waals surface area contributed by atoms with Gasteiger partial charge >= 0.3 is 0 Å². The maximum absolute atomic E-state index is 3.99. The molecule has 31 heavy (non-hydrogen) atoms. The van der Waals surface area contributed by atoms with E-state index in [1.807, 2.05) is 26.0 Å². The number of aryl methyl sites for hydroxylation is 1. The molecule has 0 aliphatic carbocycles. The molecule has 0 saturated heterocycles. The second-order valence-electron chi connectivity index (χ2n) is 7.08. The molecular weight excluding hydrogens is 374 g/mol. The largest absolute Gasteiger partial charge is 0.310 e. The number of anilines is 3. The van der Waals surface area contributed by atoms with Crippen LogP contribution in [0.4, 0.5) is 17.1 Å². The molecule has 0 heterocycles. The smallest absolute Gasteiger partial charge is 0.0540 e. The van der Waals surface area contributed by atoms with Crippen molar-refractivity contribution in [2.24, 2.45) is 0 Å². The molecule has 0 N–H and O–H groups in total. The lowest BCUT2D eigenvalue weighted by atomic mass is 10.0. The number of nitrogens with zero attached hydrogens (tertiary/aromatic N) is 1. The first-order valence-electron chi connectivity index (χ1n) is 11.0. The summed E-state index contributed by atoms with van der Waals surface area (Å²) >= 11 is 0. The Morgan fingerprint density at radius 1 is 0.710 bits per heavy atom. The lowest BCUT2D eigenvalue weighted by molar-refractivity contribution is 1.14. The van der Waals surface area contributed by atoms with Gasteiger partial charge in [0, 0.05) is 16.8 Å². The van der Waals surface area contributed by atoms with E-state index in [1.54, 1.807) is 0 Å². The molecule has 0 aliphatic rings. The predicted molar refractivity (Wildman–Crippen MR) is 140 cm³/mol. The summed E-state index contributed by atoms with van der Waals surface area (Å²) in [6.45, 7) is 14.1. The van der Waals surface area contributed by atoms with E-state index in [9.17, 15) is 0 Å². The van der Waals surface area contributed by atoms with Gasteiger partial charge in [-0.2, -0.15) is 0 Å². The Morgan fingerprint density at radius 3 is 2.03 bits per heavy atom. The van der Waals surface area contributed by atoms with Crippen molar-refractivity contribution >= 4 is 40.0 Å². The Hall–Kier alpha value is -3.58. The molecule has 4 aromatic rings. The highest BCUT2D eigenvalue weighted by atomic mass is 15.1. The van der Waals surface area contributed by atoms with Crippen molar-refractivity contribution in [3.63, 3.8) is 0 Å². The molecule has 0 aliphatic heterocycles. The molecule has 0 amide bonds. The van der Waals surface area contributed by atoms with Gasteiger partial charge in [0.25, 0.3) is 0 Å². The van der Waals surface area contributed by atoms with Crippen LogP contribution in [0.2, 0.25) is 0 Å². The normalized spacial score (nSPS) is 10.2. The minimum absolute atomic E-state index is 1.03. The summed E-state index contributed by atoms with van der Waals surface area (Å²) in [7, 11) is 0. The molecular formula is C30H31N. The lowest BCUT2D eigenvalue weighted by Crippen LogP contribution is -2.11. The molecule has 0 aromatic heterocycles. The monoisotopic (exact) mass is 405 g/mol. The molecule has 4 rings (SSSR count). The first-order valence-corrected chi connectivity index (χ1v) is 11.0. The number of fused-ring (bicyclic) bond motifs is 1. The van der Waals surface area contributed by atoms with E-state index in [4.69, 9.17) is 0 Å². The Kier molecular flexibility index (Phi) is 7.45. The molecule has 0 unspecified atom stereocenters. The van der Waals surface area contributed by atoms with Crippen molar-refractivity contribution in [1.82, 2.24) is 0 Å². The van der Waals surface area contributed by atoms with Crippen LogP contribution in [0.25, 0.3) is 22.9 Å². The van der Waals surface area contributed by atoms with Crippen LogP contribution in [-0.2, 0) is 6.42 Å². The van der Waals surface area contributed by atoms with Gasteiger partial charge in [-0.1, -0.05) is 101 Å². The lowest BCUT2D eigenvalue weighted by Gasteiger charge is -2.27. The van der Waals surface area contributed by atoms with E-state index in [-0.39, 0.29) is 0 Å². The Labute approximate surface area is 187 Å². The molecule has 0 bridgehead atoms. The zero-order valence-electron chi connectivity index (χ0n) is 18.8. The van der Waals surface area contributed by atoms with Gasteiger partial charge in [-0.15, -0.1) is 0 Å². The van der Waals surface area contributed by atoms with Crippen LogP contribution in [0.1, 0.15) is 37.5 Å². The fourth-order valence-electron chi connectivity index (χ4n) is 3.78. The zero-order chi connectivity index (χ0) is 22.2. The van der Waals surface area contributed by atoms with Crippen LogP contribution < -0.4 is 4.90 Å². The van der Waals surface area contributed by atoms with Gasteiger partial charge in [0.15, 0.2) is 0 Å². The minimum Gasteiger partial charge on any atom is -0.310 e. The average molecular weight is 406 g/mol. The Morgan fingerprint density at radius 2 is 1.35 bits per heavy atom. The SMILES string of the molecule is C=Cc1ccc(N(c2ccc(CC)cc2)c2cccc3ccccc23)cc1C=C.CC. The third-order valence-corrected chi connectivity index (χ3v) is 5.38. The second-order valence-corrected chi connectivity index (χ2v) is 7.08. The quantitative estimate of drug-likeness (QED) is 0.309. The number of hydrogen-bond donors (Lipinski definition) is 0. The summed E-state index contributed by atoms with van der Waals surface area (Å²) in [6.07, 6.45) is 4.80. The fourth-order valence-corrected chi connectivity index (χ4v) is 3.78. The molecule has 0 radical (unpaired) electrons. The van der Waals surface area contributed by atoms with Crippen LogP contribution in [0.15, 0.2) is 98.1 Å². The van der Waals surface area contributed by atoms with Gasteiger partial charge in [0.05, 0.1) is 5.69 Å². The van der Waals surface area contributed by atoms with Gasteiger partial charge in [0.1, 0.15) is 0 Å². The molecule has 0 saturated carbocycles. The van der Waals surface area contributed by atoms with Crippen molar-refractivity contribution in [1.29, 1.82) is 0 Å². The maximum atomic E-state index is 3.99. The summed E-state index contributed by atoms with van der Waals surface area (Å²) in [5.74, 6) is 0. The highest BCUT2D eigenvalue weighted by Crippen LogP contribution is 2.39. The van der Waals surface area contributed by atoms with E-state index >= 15 is 0 Å². The van der Waals surface area contributed by atoms with Gasteiger partial charge in [0.2, 0.25) is 0 Å². The van der Waals surface area contributed by atoms with E-state index in [1.165, 1.54) is 16.3 Å². The van der Waals surface area contributed by atoms with Gasteiger partial charge < -0.3 is 4.90 Å². The van der Waals surface area contributed by atoms with Gasteiger partial charge in [-0.3, -0.25) is 0 Å². The summed E-state index contributed by atoms with van der Waals surface area (Å²) in [5.41, 5.74) is 6.90. The minimum atomic E-state index is 1.03. The third-order valence-electron chi connectivity index (χ3n) is 5.38. The molecule has 0 spiro atoms. The van der Waals surface area contributed by atoms with E-state index < -0.39 is 0 Å².